The summed E-state index contributed by atoms with van der Waals surface area (Å²) in [5.74, 6) is 1.29. The number of nitrogens with zero attached hydrogens (tertiary/aromatic N) is 2. The highest BCUT2D eigenvalue weighted by atomic mass is 35.5. The zero-order valence-electron chi connectivity index (χ0n) is 21.0. The van der Waals surface area contributed by atoms with E-state index >= 15 is 0 Å². The summed E-state index contributed by atoms with van der Waals surface area (Å²) in [6, 6.07) is 10.9. The molecule has 0 radical (unpaired) electrons. The van der Waals surface area contributed by atoms with Crippen LogP contribution in [0.3, 0.4) is 0 Å². The summed E-state index contributed by atoms with van der Waals surface area (Å²) in [5.41, 5.74) is 3.55. The maximum absolute atomic E-state index is 13.6. The van der Waals surface area contributed by atoms with Crippen LogP contribution in [0, 0.1) is 12.8 Å². The van der Waals surface area contributed by atoms with Gasteiger partial charge < -0.3 is 14.6 Å². The fraction of sp³-hybridized carbons (Fsp3) is 0.423. The summed E-state index contributed by atoms with van der Waals surface area (Å²) < 4.78 is 40.1. The molecule has 36 heavy (non-hydrogen) atoms. The molecule has 0 saturated heterocycles. The molecule has 1 heterocycles. The molecule has 0 fully saturated rings. The zero-order chi connectivity index (χ0) is 26.3. The van der Waals surface area contributed by atoms with Gasteiger partial charge in [-0.2, -0.15) is 4.31 Å². The maximum Gasteiger partial charge on any atom is 0.243 e. The minimum Gasteiger partial charge on any atom is -0.493 e. The first-order valence-corrected chi connectivity index (χ1v) is 14.4. The molecule has 0 unspecified atom stereocenters. The number of hydrogen-bond acceptors (Lipinski definition) is 7. The van der Waals surface area contributed by atoms with Crippen molar-refractivity contribution < 1.29 is 23.0 Å². The fourth-order valence-corrected chi connectivity index (χ4v) is 6.41. The predicted molar refractivity (Wildman–Crippen MR) is 144 cm³/mol. The van der Waals surface area contributed by atoms with E-state index in [1.54, 1.807) is 42.7 Å². The van der Waals surface area contributed by atoms with E-state index in [0.29, 0.717) is 29.5 Å². The summed E-state index contributed by atoms with van der Waals surface area (Å²) in [6.07, 6.45) is 1.25. The fourth-order valence-electron chi connectivity index (χ4n) is 3.91. The van der Waals surface area contributed by atoms with Crippen molar-refractivity contribution in [2.45, 2.75) is 51.1 Å². The van der Waals surface area contributed by atoms with E-state index in [4.69, 9.17) is 21.1 Å². The number of aliphatic hydroxyl groups excluding tert-OH is 1. The van der Waals surface area contributed by atoms with Gasteiger partial charge in [-0.3, -0.25) is 0 Å². The molecular formula is C26H33ClN2O5S2. The molecule has 1 atom stereocenters. The van der Waals surface area contributed by atoms with Crippen LogP contribution in [-0.4, -0.2) is 49.2 Å². The first-order valence-electron chi connectivity index (χ1n) is 11.7. The molecule has 0 amide bonds. The van der Waals surface area contributed by atoms with Gasteiger partial charge in [-0.05, 0) is 61.2 Å². The molecule has 0 aliphatic carbocycles. The number of sulfonamides is 1. The Hall–Kier alpha value is -2.17. The van der Waals surface area contributed by atoms with Gasteiger partial charge in [0.1, 0.15) is 0 Å². The topological polar surface area (TPSA) is 89.0 Å². The Kier molecular flexibility index (Phi) is 10.2. The SMILES string of the molecule is COc1cc(CN([C@H](CO)CC(C)C)S(=O)(=O)c2ccc(Cl)cc2)ccc1OCCc1scnc1C. The summed E-state index contributed by atoms with van der Waals surface area (Å²) >= 11 is 7.58. The van der Waals surface area contributed by atoms with E-state index in [9.17, 15) is 13.5 Å². The second-order valence-electron chi connectivity index (χ2n) is 8.91. The third-order valence-electron chi connectivity index (χ3n) is 5.78. The van der Waals surface area contributed by atoms with E-state index in [1.807, 2.05) is 32.3 Å². The molecule has 7 nitrogen and oxygen atoms in total. The van der Waals surface area contributed by atoms with Gasteiger partial charge in [0.25, 0.3) is 0 Å². The molecule has 0 saturated carbocycles. The Labute approximate surface area is 222 Å². The molecule has 0 aliphatic heterocycles. The van der Waals surface area contributed by atoms with Gasteiger partial charge in [-0.25, -0.2) is 13.4 Å². The molecule has 2 aromatic carbocycles. The average Bonchev–Trinajstić information content (AvgIpc) is 3.26. The highest BCUT2D eigenvalue weighted by Crippen LogP contribution is 2.31. The van der Waals surface area contributed by atoms with Gasteiger partial charge in [0, 0.05) is 28.9 Å². The van der Waals surface area contributed by atoms with E-state index in [0.717, 1.165) is 17.7 Å². The molecule has 1 N–H and O–H groups in total. The van der Waals surface area contributed by atoms with Crippen molar-refractivity contribution in [3.05, 3.63) is 69.1 Å². The van der Waals surface area contributed by atoms with Crippen LogP contribution in [0.5, 0.6) is 11.5 Å². The normalized spacial score (nSPS) is 12.8. The number of halogens is 1. The number of aromatic nitrogens is 1. The third kappa shape index (κ3) is 7.20. The van der Waals surface area contributed by atoms with Crippen molar-refractivity contribution >= 4 is 33.0 Å². The third-order valence-corrected chi connectivity index (χ3v) is 8.94. The molecule has 3 aromatic rings. The van der Waals surface area contributed by atoms with Crippen LogP contribution in [0.25, 0.3) is 0 Å². The maximum atomic E-state index is 13.6. The molecule has 196 valence electrons. The van der Waals surface area contributed by atoms with Crippen LogP contribution in [0.2, 0.25) is 5.02 Å². The Morgan fingerprint density at radius 1 is 1.14 bits per heavy atom. The zero-order valence-corrected chi connectivity index (χ0v) is 23.4. The lowest BCUT2D eigenvalue weighted by molar-refractivity contribution is 0.164. The van der Waals surface area contributed by atoms with Gasteiger partial charge in [0.2, 0.25) is 10.0 Å². The predicted octanol–water partition coefficient (Wildman–Crippen LogP) is 5.33. The minimum absolute atomic E-state index is 0.0691. The summed E-state index contributed by atoms with van der Waals surface area (Å²) in [7, 11) is -2.36. The highest BCUT2D eigenvalue weighted by molar-refractivity contribution is 7.89. The number of aryl methyl sites for hydroxylation is 1. The van der Waals surface area contributed by atoms with Crippen molar-refractivity contribution in [1.82, 2.24) is 9.29 Å². The number of rotatable bonds is 13. The number of hydrogen-bond donors (Lipinski definition) is 1. The monoisotopic (exact) mass is 552 g/mol. The van der Waals surface area contributed by atoms with Gasteiger partial charge in [-0.15, -0.1) is 11.3 Å². The lowest BCUT2D eigenvalue weighted by atomic mass is 10.0. The quantitative estimate of drug-likeness (QED) is 0.308. The minimum atomic E-state index is -3.91. The summed E-state index contributed by atoms with van der Waals surface area (Å²) in [6.45, 7) is 6.22. The number of thiazole rings is 1. The van der Waals surface area contributed by atoms with Crippen LogP contribution in [0.15, 0.2) is 52.9 Å². The van der Waals surface area contributed by atoms with Crippen LogP contribution >= 0.6 is 22.9 Å². The van der Waals surface area contributed by atoms with E-state index in [-0.39, 0.29) is 24.0 Å². The molecule has 10 heteroatoms. The van der Waals surface area contributed by atoms with Crippen LogP contribution in [0.1, 0.15) is 36.4 Å². The molecular weight excluding hydrogens is 520 g/mol. The first-order chi connectivity index (χ1) is 17.1. The first kappa shape index (κ1) is 28.4. The smallest absolute Gasteiger partial charge is 0.243 e. The number of ether oxygens (including phenoxy) is 2. The van der Waals surface area contributed by atoms with E-state index in [2.05, 4.69) is 4.98 Å². The summed E-state index contributed by atoms with van der Waals surface area (Å²) in [4.78, 5) is 5.56. The van der Waals surface area contributed by atoms with Crippen molar-refractivity contribution in [2.24, 2.45) is 5.92 Å². The van der Waals surface area contributed by atoms with Gasteiger partial charge in [0.15, 0.2) is 11.5 Å². The van der Waals surface area contributed by atoms with E-state index < -0.39 is 16.1 Å². The average molecular weight is 553 g/mol. The second-order valence-corrected chi connectivity index (χ2v) is 12.2. The molecule has 0 bridgehead atoms. The van der Waals surface area contributed by atoms with Crippen LogP contribution in [-0.2, 0) is 23.0 Å². The largest absolute Gasteiger partial charge is 0.493 e. The Morgan fingerprint density at radius 3 is 2.44 bits per heavy atom. The molecule has 3 rings (SSSR count). The number of benzene rings is 2. The second kappa shape index (κ2) is 12.9. The highest BCUT2D eigenvalue weighted by Gasteiger charge is 2.32. The van der Waals surface area contributed by atoms with E-state index in [1.165, 1.54) is 21.3 Å². The number of aliphatic hydroxyl groups is 1. The number of methoxy groups -OCH3 is 1. The van der Waals surface area contributed by atoms with Crippen molar-refractivity contribution in [3.8, 4) is 11.5 Å². The Morgan fingerprint density at radius 2 is 1.86 bits per heavy atom. The van der Waals surface area contributed by atoms with Crippen molar-refractivity contribution in [1.29, 1.82) is 0 Å². The van der Waals surface area contributed by atoms with Crippen molar-refractivity contribution in [2.75, 3.05) is 20.3 Å². The van der Waals surface area contributed by atoms with Gasteiger partial charge >= 0.3 is 0 Å². The standard InChI is InChI=1S/C26H33ClN2O5S2/c1-18(2)13-22(16-30)29(36(31,32)23-8-6-21(27)7-9-23)15-20-5-10-24(25(14-20)33-4)34-12-11-26-19(3)28-17-35-26/h5-10,14,17-18,22,30H,11-13,15-16H2,1-4H3/t22-/m0/s1. The van der Waals surface area contributed by atoms with Gasteiger partial charge in [-0.1, -0.05) is 31.5 Å². The summed E-state index contributed by atoms with van der Waals surface area (Å²) in [5, 5.41) is 10.6. The molecule has 0 aliphatic rings. The molecule has 0 spiro atoms. The van der Waals surface area contributed by atoms with Crippen LogP contribution in [0.4, 0.5) is 0 Å². The van der Waals surface area contributed by atoms with Gasteiger partial charge in [0.05, 0.1) is 36.4 Å². The van der Waals surface area contributed by atoms with Crippen molar-refractivity contribution in [3.63, 3.8) is 0 Å². The lowest BCUT2D eigenvalue weighted by Gasteiger charge is -2.31. The Bertz CT molecular complexity index is 1230. The lowest BCUT2D eigenvalue weighted by Crippen LogP contribution is -2.42. The Balaban J connectivity index is 1.85. The van der Waals surface area contributed by atoms with Crippen LogP contribution < -0.4 is 9.47 Å². The molecule has 1 aromatic heterocycles.